The molecule has 0 aliphatic heterocycles. The molecule has 0 aliphatic carbocycles. The van der Waals surface area contributed by atoms with Gasteiger partial charge in [0.15, 0.2) is 6.04 Å². The molecular weight excluding hydrogens is 386 g/mol. The number of amides is 1. The van der Waals surface area contributed by atoms with Crippen LogP contribution in [0.25, 0.3) is 0 Å². The molecule has 7 heteroatoms. The normalized spacial score (nSPS) is 13.9. The van der Waals surface area contributed by atoms with Crippen molar-refractivity contribution in [1.82, 2.24) is 4.31 Å². The zero-order valence-corrected chi connectivity index (χ0v) is 18.7. The average Bonchev–Trinajstić information content (AvgIpc) is 2.74. The predicted molar refractivity (Wildman–Crippen MR) is 116 cm³/mol. The molecule has 0 fully saturated rings. The molecule has 0 saturated carbocycles. The summed E-state index contributed by atoms with van der Waals surface area (Å²) in [5, 5.41) is 2.00. The molecule has 0 bridgehead atoms. The molecule has 2 N–H and O–H groups in total. The maximum atomic E-state index is 12.7. The second kappa shape index (κ2) is 10.0. The standard InChI is InChI=1S/C22H31N3O3S/c1-6-25(7-2)29(27,28)21-15-13-19(14-16-21)17(3)23-18(4)22(26)24(5)20-11-9-8-10-12-20/h8-18,23H,6-7H2,1-5H3/p+1/t17-,18+/m1/s1. The molecule has 0 radical (unpaired) electrons. The van der Waals surface area contributed by atoms with Crippen LogP contribution in [0, 0.1) is 0 Å². The fourth-order valence-corrected chi connectivity index (χ4v) is 4.82. The van der Waals surface area contributed by atoms with E-state index in [1.807, 2.05) is 75.5 Å². The van der Waals surface area contributed by atoms with Crippen LogP contribution >= 0.6 is 0 Å². The first-order chi connectivity index (χ1) is 13.7. The Kier molecular flexibility index (Phi) is 7.96. The zero-order valence-electron chi connectivity index (χ0n) is 17.9. The highest BCUT2D eigenvalue weighted by Crippen LogP contribution is 2.18. The minimum atomic E-state index is -3.46. The number of hydrogen-bond acceptors (Lipinski definition) is 3. The number of sulfonamides is 1. The van der Waals surface area contributed by atoms with Crippen molar-refractivity contribution >= 4 is 21.6 Å². The first-order valence-corrected chi connectivity index (χ1v) is 11.4. The summed E-state index contributed by atoms with van der Waals surface area (Å²) in [6, 6.07) is 16.2. The van der Waals surface area contributed by atoms with Crippen molar-refractivity contribution in [1.29, 1.82) is 0 Å². The molecule has 2 atom stereocenters. The number of likely N-dealkylation sites (N-methyl/N-ethyl adjacent to an activating group) is 1. The number of carbonyl (C=O) groups is 1. The van der Waals surface area contributed by atoms with Gasteiger partial charge in [0.2, 0.25) is 10.0 Å². The summed E-state index contributed by atoms with van der Waals surface area (Å²) in [5.41, 5.74) is 1.84. The number of nitrogens with two attached hydrogens (primary N) is 1. The van der Waals surface area contributed by atoms with Gasteiger partial charge in [0.1, 0.15) is 6.04 Å². The predicted octanol–water partition coefficient (Wildman–Crippen LogP) is 2.39. The molecule has 2 aromatic rings. The van der Waals surface area contributed by atoms with Gasteiger partial charge in [0, 0.05) is 31.4 Å². The van der Waals surface area contributed by atoms with Gasteiger partial charge in [-0.2, -0.15) is 4.31 Å². The summed E-state index contributed by atoms with van der Waals surface area (Å²) in [5.74, 6) is 0.0174. The maximum absolute atomic E-state index is 12.7. The number of hydrogen-bond donors (Lipinski definition) is 1. The summed E-state index contributed by atoms with van der Waals surface area (Å²) in [7, 11) is -1.68. The Morgan fingerprint density at radius 3 is 2.03 bits per heavy atom. The van der Waals surface area contributed by atoms with Crippen LogP contribution in [-0.4, -0.2) is 44.8 Å². The highest BCUT2D eigenvalue weighted by atomic mass is 32.2. The molecule has 0 spiro atoms. The highest BCUT2D eigenvalue weighted by molar-refractivity contribution is 7.89. The van der Waals surface area contributed by atoms with Crippen molar-refractivity contribution < 1.29 is 18.5 Å². The Hall–Kier alpha value is -2.22. The number of carbonyl (C=O) groups excluding carboxylic acids is 1. The van der Waals surface area contributed by atoms with E-state index >= 15 is 0 Å². The van der Waals surface area contributed by atoms with Gasteiger partial charge >= 0.3 is 0 Å². The lowest BCUT2D eigenvalue weighted by Crippen LogP contribution is -2.92. The van der Waals surface area contributed by atoms with Crippen LogP contribution in [0.1, 0.15) is 39.3 Å². The smallest absolute Gasteiger partial charge is 0.284 e. The van der Waals surface area contributed by atoms with Gasteiger partial charge in [-0.15, -0.1) is 0 Å². The van der Waals surface area contributed by atoms with Gasteiger partial charge in [-0.3, -0.25) is 4.79 Å². The molecule has 6 nitrogen and oxygen atoms in total. The van der Waals surface area contributed by atoms with E-state index in [1.54, 1.807) is 24.1 Å². The van der Waals surface area contributed by atoms with E-state index in [0.29, 0.717) is 18.0 Å². The van der Waals surface area contributed by atoms with Gasteiger partial charge in [-0.25, -0.2) is 8.42 Å². The zero-order chi connectivity index (χ0) is 21.6. The van der Waals surface area contributed by atoms with E-state index in [0.717, 1.165) is 11.3 Å². The average molecular weight is 419 g/mol. The molecule has 2 aromatic carbocycles. The van der Waals surface area contributed by atoms with Crippen molar-refractivity contribution in [3.8, 4) is 0 Å². The first-order valence-electron chi connectivity index (χ1n) is 10.00. The Morgan fingerprint density at radius 2 is 1.52 bits per heavy atom. The van der Waals surface area contributed by atoms with Crippen LogP contribution in [0.4, 0.5) is 5.69 Å². The van der Waals surface area contributed by atoms with Crippen molar-refractivity contribution in [3.63, 3.8) is 0 Å². The SMILES string of the molecule is CCN(CC)S(=O)(=O)c1ccc([C@@H](C)[NH2+][C@@H](C)C(=O)N(C)c2ccccc2)cc1. The lowest BCUT2D eigenvalue weighted by Gasteiger charge is -2.23. The molecule has 0 aliphatic rings. The van der Waals surface area contributed by atoms with E-state index < -0.39 is 10.0 Å². The van der Waals surface area contributed by atoms with Crippen LogP contribution < -0.4 is 10.2 Å². The van der Waals surface area contributed by atoms with E-state index in [4.69, 9.17) is 0 Å². The molecule has 0 heterocycles. The summed E-state index contributed by atoms with van der Waals surface area (Å²) >= 11 is 0. The van der Waals surface area contributed by atoms with Crippen molar-refractivity contribution in [2.75, 3.05) is 25.0 Å². The number of para-hydroxylation sites is 1. The molecule has 158 valence electrons. The summed E-state index contributed by atoms with van der Waals surface area (Å²) in [4.78, 5) is 14.7. The molecule has 1 amide bonds. The Labute approximate surface area is 174 Å². The second-order valence-corrected chi connectivity index (χ2v) is 9.10. The van der Waals surface area contributed by atoms with E-state index in [-0.39, 0.29) is 18.0 Å². The fourth-order valence-electron chi connectivity index (χ4n) is 3.37. The van der Waals surface area contributed by atoms with Gasteiger partial charge in [0.05, 0.1) is 4.90 Å². The number of anilines is 1. The number of rotatable bonds is 9. The quantitative estimate of drug-likeness (QED) is 0.679. The van der Waals surface area contributed by atoms with Gasteiger partial charge in [0.25, 0.3) is 5.91 Å². The fraction of sp³-hybridized carbons (Fsp3) is 0.409. The molecular formula is C22H32N3O3S+. The molecule has 0 aromatic heterocycles. The number of benzene rings is 2. The van der Waals surface area contributed by atoms with Crippen LogP contribution in [0.3, 0.4) is 0 Å². The van der Waals surface area contributed by atoms with Gasteiger partial charge < -0.3 is 10.2 Å². The minimum absolute atomic E-state index is 0.0170. The number of nitrogens with zero attached hydrogens (tertiary/aromatic N) is 2. The second-order valence-electron chi connectivity index (χ2n) is 7.16. The van der Waals surface area contributed by atoms with E-state index in [1.165, 1.54) is 4.31 Å². The van der Waals surface area contributed by atoms with Crippen LogP contribution in [0.2, 0.25) is 0 Å². The Morgan fingerprint density at radius 1 is 0.966 bits per heavy atom. The third-order valence-electron chi connectivity index (χ3n) is 5.19. The Balaban J connectivity index is 2.07. The summed E-state index contributed by atoms with van der Waals surface area (Å²) in [6.07, 6.45) is 0. The molecule has 2 rings (SSSR count). The summed E-state index contributed by atoms with van der Waals surface area (Å²) < 4.78 is 26.7. The van der Waals surface area contributed by atoms with Crippen LogP contribution in [-0.2, 0) is 14.8 Å². The van der Waals surface area contributed by atoms with Crippen molar-refractivity contribution in [2.24, 2.45) is 0 Å². The molecule has 0 saturated heterocycles. The van der Waals surface area contributed by atoms with Crippen molar-refractivity contribution in [3.05, 3.63) is 60.2 Å². The van der Waals surface area contributed by atoms with Crippen molar-refractivity contribution in [2.45, 2.75) is 44.7 Å². The van der Waals surface area contributed by atoms with Gasteiger partial charge in [-0.05, 0) is 38.1 Å². The molecule has 29 heavy (non-hydrogen) atoms. The number of quaternary nitrogens is 1. The summed E-state index contributed by atoms with van der Waals surface area (Å²) in [6.45, 7) is 8.45. The van der Waals surface area contributed by atoms with E-state index in [2.05, 4.69) is 0 Å². The van der Waals surface area contributed by atoms with Crippen LogP contribution in [0.5, 0.6) is 0 Å². The lowest BCUT2D eigenvalue weighted by molar-refractivity contribution is -0.710. The third-order valence-corrected chi connectivity index (χ3v) is 7.25. The third kappa shape index (κ3) is 5.44. The maximum Gasteiger partial charge on any atom is 0.284 e. The minimum Gasteiger partial charge on any atom is -0.330 e. The monoisotopic (exact) mass is 418 g/mol. The first kappa shape index (κ1) is 23.1. The largest absolute Gasteiger partial charge is 0.330 e. The van der Waals surface area contributed by atoms with Gasteiger partial charge in [-0.1, -0.05) is 44.2 Å². The van der Waals surface area contributed by atoms with E-state index in [9.17, 15) is 13.2 Å². The molecule has 0 unspecified atom stereocenters. The Bertz CT molecular complexity index is 895. The highest BCUT2D eigenvalue weighted by Gasteiger charge is 2.25. The topological polar surface area (TPSA) is 74.3 Å². The lowest BCUT2D eigenvalue weighted by atomic mass is 10.1. The van der Waals surface area contributed by atoms with Crippen LogP contribution in [0.15, 0.2) is 59.5 Å².